The highest BCUT2D eigenvalue weighted by Gasteiger charge is 2.28. The molecule has 0 fully saturated rings. The van der Waals surface area contributed by atoms with Crippen molar-refractivity contribution in [3.05, 3.63) is 53.6 Å². The maximum absolute atomic E-state index is 12.7. The topological polar surface area (TPSA) is 122 Å². The van der Waals surface area contributed by atoms with Crippen molar-refractivity contribution in [2.24, 2.45) is 0 Å². The number of hydrogen-bond acceptors (Lipinski definition) is 5. The Morgan fingerprint density at radius 2 is 1.80 bits per heavy atom. The lowest BCUT2D eigenvalue weighted by Crippen LogP contribution is -2.34. The maximum Gasteiger partial charge on any atom is 0.405 e. The van der Waals surface area contributed by atoms with Crippen molar-refractivity contribution in [3.8, 4) is 5.75 Å². The van der Waals surface area contributed by atoms with E-state index in [0.717, 1.165) is 0 Å². The van der Waals surface area contributed by atoms with E-state index < -0.39 is 41.2 Å². The fraction of sp³-hybridized carbons (Fsp3) is 0.222. The Balaban J connectivity index is 2.24. The monoisotopic (exact) mass is 446 g/mol. The van der Waals surface area contributed by atoms with E-state index in [-0.39, 0.29) is 21.9 Å². The zero-order valence-electron chi connectivity index (χ0n) is 15.5. The van der Waals surface area contributed by atoms with Gasteiger partial charge >= 0.3 is 12.1 Å². The number of sulfonamides is 1. The van der Waals surface area contributed by atoms with Crippen LogP contribution in [0.4, 0.5) is 18.9 Å². The number of rotatable bonds is 8. The molecule has 0 radical (unpaired) electrons. The molecule has 0 aliphatic heterocycles. The van der Waals surface area contributed by atoms with E-state index in [1.165, 1.54) is 49.4 Å². The van der Waals surface area contributed by atoms with Crippen molar-refractivity contribution in [1.82, 2.24) is 5.32 Å². The molecule has 0 aromatic heterocycles. The Labute approximate surface area is 169 Å². The van der Waals surface area contributed by atoms with Crippen LogP contribution in [0.1, 0.15) is 15.9 Å². The molecule has 0 unspecified atom stereocenters. The number of ether oxygens (including phenoxy) is 1. The molecule has 12 heteroatoms. The van der Waals surface area contributed by atoms with E-state index in [4.69, 9.17) is 9.84 Å². The van der Waals surface area contributed by atoms with Gasteiger partial charge in [-0.15, -0.1) is 0 Å². The number of halogens is 3. The SMILES string of the molecule is Cc1cc(S(=O)(=O)Nc2ccccc2C(=O)NCC(F)(F)F)ccc1OCC(=O)O. The quantitative estimate of drug-likeness (QED) is 0.573. The number of carboxylic acid groups (broad SMARTS) is 1. The molecule has 0 aliphatic rings. The molecule has 1 amide bonds. The van der Waals surface area contributed by atoms with Gasteiger partial charge in [0.15, 0.2) is 6.61 Å². The molecule has 0 bridgehead atoms. The van der Waals surface area contributed by atoms with Crippen molar-refractivity contribution < 1.29 is 41.0 Å². The maximum atomic E-state index is 12.7. The predicted octanol–water partition coefficient (Wildman–Crippen LogP) is 2.55. The summed E-state index contributed by atoms with van der Waals surface area (Å²) < 4.78 is 69.5. The van der Waals surface area contributed by atoms with Crippen molar-refractivity contribution in [1.29, 1.82) is 0 Å². The van der Waals surface area contributed by atoms with Gasteiger partial charge in [0.1, 0.15) is 12.3 Å². The number of aliphatic carboxylic acids is 1. The highest BCUT2D eigenvalue weighted by molar-refractivity contribution is 7.92. The number of carbonyl (C=O) groups is 2. The first-order chi connectivity index (χ1) is 13.9. The van der Waals surface area contributed by atoms with Crippen molar-refractivity contribution in [2.45, 2.75) is 18.0 Å². The molecule has 8 nitrogen and oxygen atoms in total. The first kappa shape index (κ1) is 23.0. The van der Waals surface area contributed by atoms with E-state index in [0.29, 0.717) is 5.56 Å². The molecule has 0 atom stereocenters. The van der Waals surface area contributed by atoms with Crippen molar-refractivity contribution in [3.63, 3.8) is 0 Å². The van der Waals surface area contributed by atoms with E-state index in [9.17, 15) is 31.2 Å². The lowest BCUT2D eigenvalue weighted by atomic mass is 10.1. The molecular formula is C18H17F3N2O6S. The van der Waals surface area contributed by atoms with Gasteiger partial charge in [-0.25, -0.2) is 13.2 Å². The minimum absolute atomic E-state index is 0.170. The Morgan fingerprint density at radius 1 is 1.13 bits per heavy atom. The Hall–Kier alpha value is -3.28. The Kier molecular flexibility index (Phi) is 6.92. The van der Waals surface area contributed by atoms with Gasteiger partial charge in [0.05, 0.1) is 16.1 Å². The molecule has 0 saturated heterocycles. The highest BCUT2D eigenvalue weighted by atomic mass is 32.2. The molecular weight excluding hydrogens is 429 g/mol. The fourth-order valence-corrected chi connectivity index (χ4v) is 3.50. The lowest BCUT2D eigenvalue weighted by Gasteiger charge is -2.14. The molecule has 2 aromatic rings. The van der Waals surface area contributed by atoms with Crippen LogP contribution < -0.4 is 14.8 Å². The summed E-state index contributed by atoms with van der Waals surface area (Å²) in [6.45, 7) is -0.662. The average Bonchev–Trinajstić information content (AvgIpc) is 2.64. The van der Waals surface area contributed by atoms with Gasteiger partial charge in [0.25, 0.3) is 15.9 Å². The number of carboxylic acids is 1. The first-order valence-electron chi connectivity index (χ1n) is 8.31. The van der Waals surface area contributed by atoms with Crippen LogP contribution >= 0.6 is 0 Å². The zero-order valence-corrected chi connectivity index (χ0v) is 16.3. The van der Waals surface area contributed by atoms with Crippen LogP contribution in [0, 0.1) is 6.92 Å². The standard InChI is InChI=1S/C18H17F3N2O6S/c1-11-8-12(6-7-15(11)29-9-16(24)25)30(27,28)23-14-5-3-2-4-13(14)17(26)22-10-18(19,20)21/h2-8,23H,9-10H2,1H3,(H,22,26)(H,24,25). The number of amides is 1. The number of alkyl halides is 3. The van der Waals surface area contributed by atoms with Crippen LogP contribution in [0.2, 0.25) is 0 Å². The van der Waals surface area contributed by atoms with Gasteiger partial charge in [-0.3, -0.25) is 9.52 Å². The van der Waals surface area contributed by atoms with Gasteiger partial charge in [0.2, 0.25) is 0 Å². The van der Waals surface area contributed by atoms with E-state index in [1.807, 2.05) is 0 Å². The number of anilines is 1. The summed E-state index contributed by atoms with van der Waals surface area (Å²) in [5.41, 5.74) is -0.153. The Morgan fingerprint density at radius 3 is 2.40 bits per heavy atom. The van der Waals surface area contributed by atoms with E-state index >= 15 is 0 Å². The Bertz CT molecular complexity index is 1050. The number of carbonyl (C=O) groups excluding carboxylic acids is 1. The molecule has 3 N–H and O–H groups in total. The molecule has 0 saturated carbocycles. The van der Waals surface area contributed by atoms with Gasteiger partial charge in [-0.05, 0) is 42.8 Å². The molecule has 162 valence electrons. The fourth-order valence-electron chi connectivity index (χ4n) is 2.34. The van der Waals surface area contributed by atoms with Crippen molar-refractivity contribution in [2.75, 3.05) is 17.9 Å². The summed E-state index contributed by atoms with van der Waals surface area (Å²) in [5.74, 6) is -2.13. The minimum atomic E-state index is -4.62. The summed E-state index contributed by atoms with van der Waals surface area (Å²) >= 11 is 0. The van der Waals surface area contributed by atoms with Crippen LogP contribution in [0.5, 0.6) is 5.75 Å². The second kappa shape index (κ2) is 9.03. The molecule has 2 rings (SSSR count). The lowest BCUT2D eigenvalue weighted by molar-refractivity contribution is -0.139. The number of para-hydroxylation sites is 1. The molecule has 0 aliphatic carbocycles. The molecule has 30 heavy (non-hydrogen) atoms. The molecule has 0 heterocycles. The van der Waals surface area contributed by atoms with E-state index in [2.05, 4.69) is 4.72 Å². The normalized spacial score (nSPS) is 11.6. The van der Waals surface area contributed by atoms with Gasteiger partial charge < -0.3 is 15.2 Å². The number of hydrogen-bond donors (Lipinski definition) is 3. The summed E-state index contributed by atoms with van der Waals surface area (Å²) in [4.78, 5) is 22.4. The van der Waals surface area contributed by atoms with Gasteiger partial charge in [0, 0.05) is 0 Å². The number of aryl methyl sites for hydroxylation is 1. The largest absolute Gasteiger partial charge is 0.482 e. The third kappa shape index (κ3) is 6.37. The van der Waals surface area contributed by atoms with Gasteiger partial charge in [-0.1, -0.05) is 12.1 Å². The summed E-state index contributed by atoms with van der Waals surface area (Å²) in [6, 6.07) is 8.86. The number of nitrogens with one attached hydrogen (secondary N) is 2. The smallest absolute Gasteiger partial charge is 0.405 e. The third-order valence-corrected chi connectivity index (χ3v) is 5.04. The second-order valence-electron chi connectivity index (χ2n) is 6.06. The highest BCUT2D eigenvalue weighted by Crippen LogP contribution is 2.25. The average molecular weight is 446 g/mol. The van der Waals surface area contributed by atoms with Crippen LogP contribution in [-0.2, 0) is 14.8 Å². The summed E-state index contributed by atoms with van der Waals surface area (Å²) in [5, 5.41) is 10.3. The third-order valence-electron chi connectivity index (χ3n) is 3.67. The zero-order chi connectivity index (χ0) is 22.5. The predicted molar refractivity (Wildman–Crippen MR) is 99.9 cm³/mol. The van der Waals surface area contributed by atoms with Crippen LogP contribution in [0.25, 0.3) is 0 Å². The molecule has 2 aromatic carbocycles. The van der Waals surface area contributed by atoms with Crippen LogP contribution in [0.15, 0.2) is 47.4 Å². The first-order valence-corrected chi connectivity index (χ1v) is 9.79. The van der Waals surface area contributed by atoms with E-state index in [1.54, 1.807) is 5.32 Å². The van der Waals surface area contributed by atoms with Crippen LogP contribution in [-0.4, -0.2) is 44.7 Å². The molecule has 0 spiro atoms. The van der Waals surface area contributed by atoms with Crippen LogP contribution in [0.3, 0.4) is 0 Å². The van der Waals surface area contributed by atoms with Gasteiger partial charge in [-0.2, -0.15) is 13.2 Å². The second-order valence-corrected chi connectivity index (χ2v) is 7.74. The summed E-state index contributed by atoms with van der Waals surface area (Å²) in [6.07, 6.45) is -4.62. The van der Waals surface area contributed by atoms with Crippen molar-refractivity contribution >= 4 is 27.6 Å². The minimum Gasteiger partial charge on any atom is -0.482 e. The number of benzene rings is 2. The summed E-state index contributed by atoms with van der Waals surface area (Å²) in [7, 11) is -4.21.